The predicted octanol–water partition coefficient (Wildman–Crippen LogP) is 4.71. The molecule has 3 N–H and O–H groups in total. The Labute approximate surface area is 160 Å². The molecule has 0 unspecified atom stereocenters. The average Bonchev–Trinajstić information content (AvgIpc) is 2.69. The number of benzene rings is 2. The molecular formula is C22H27N3O2. The first kappa shape index (κ1) is 19.0. The SMILES string of the molecule is CCc1cccc(NC(=O)C2(NC(=O)Nc3ccccc3)CCCCC2)c1. The van der Waals surface area contributed by atoms with Gasteiger partial charge in [0.25, 0.3) is 0 Å². The normalized spacial score (nSPS) is 15.6. The van der Waals surface area contributed by atoms with Crippen molar-refractivity contribution < 1.29 is 9.59 Å². The minimum Gasteiger partial charge on any atom is -0.324 e. The van der Waals surface area contributed by atoms with E-state index in [1.54, 1.807) is 0 Å². The van der Waals surface area contributed by atoms with Crippen LogP contribution in [0.25, 0.3) is 0 Å². The number of carbonyl (C=O) groups excluding carboxylic acids is 2. The van der Waals surface area contributed by atoms with E-state index in [0.29, 0.717) is 18.5 Å². The minimum atomic E-state index is -0.876. The lowest BCUT2D eigenvalue weighted by Crippen LogP contribution is -2.58. The molecule has 1 aliphatic carbocycles. The molecule has 2 aromatic rings. The van der Waals surface area contributed by atoms with E-state index in [4.69, 9.17) is 0 Å². The fraction of sp³-hybridized carbons (Fsp3) is 0.364. The Balaban J connectivity index is 1.73. The first-order valence-electron chi connectivity index (χ1n) is 9.66. The number of amides is 3. The summed E-state index contributed by atoms with van der Waals surface area (Å²) in [5, 5.41) is 8.80. The second kappa shape index (κ2) is 8.71. The molecule has 0 heterocycles. The zero-order valence-corrected chi connectivity index (χ0v) is 15.8. The summed E-state index contributed by atoms with van der Waals surface area (Å²) in [6, 6.07) is 16.8. The molecule has 27 heavy (non-hydrogen) atoms. The van der Waals surface area contributed by atoms with E-state index in [2.05, 4.69) is 22.9 Å². The third-order valence-corrected chi connectivity index (χ3v) is 5.12. The maximum absolute atomic E-state index is 13.1. The molecule has 3 amide bonds. The van der Waals surface area contributed by atoms with Crippen molar-refractivity contribution in [2.45, 2.75) is 51.0 Å². The van der Waals surface area contributed by atoms with Crippen molar-refractivity contribution in [2.24, 2.45) is 0 Å². The van der Waals surface area contributed by atoms with Crippen LogP contribution in [0, 0.1) is 0 Å². The molecule has 0 atom stereocenters. The van der Waals surface area contributed by atoms with Crippen LogP contribution in [0.1, 0.15) is 44.6 Å². The highest BCUT2D eigenvalue weighted by Crippen LogP contribution is 2.30. The van der Waals surface area contributed by atoms with Gasteiger partial charge in [-0.25, -0.2) is 4.79 Å². The molecule has 0 aliphatic heterocycles. The number of rotatable bonds is 5. The minimum absolute atomic E-state index is 0.140. The molecule has 3 rings (SSSR count). The molecule has 142 valence electrons. The van der Waals surface area contributed by atoms with Crippen LogP contribution < -0.4 is 16.0 Å². The van der Waals surface area contributed by atoms with Gasteiger partial charge in [-0.15, -0.1) is 0 Å². The van der Waals surface area contributed by atoms with Crippen LogP contribution in [0.3, 0.4) is 0 Å². The van der Waals surface area contributed by atoms with E-state index in [-0.39, 0.29) is 11.9 Å². The highest BCUT2D eigenvalue weighted by Gasteiger charge is 2.41. The lowest BCUT2D eigenvalue weighted by molar-refractivity contribution is -0.123. The van der Waals surface area contributed by atoms with Gasteiger partial charge in [0.05, 0.1) is 0 Å². The number of para-hydroxylation sites is 1. The topological polar surface area (TPSA) is 70.2 Å². The van der Waals surface area contributed by atoms with Gasteiger partial charge >= 0.3 is 6.03 Å². The van der Waals surface area contributed by atoms with Gasteiger partial charge in [0.1, 0.15) is 5.54 Å². The van der Waals surface area contributed by atoms with Crippen molar-refractivity contribution in [1.29, 1.82) is 0 Å². The second-order valence-electron chi connectivity index (χ2n) is 7.10. The third-order valence-electron chi connectivity index (χ3n) is 5.12. The lowest BCUT2D eigenvalue weighted by Gasteiger charge is -2.36. The van der Waals surface area contributed by atoms with Crippen LogP contribution in [0.2, 0.25) is 0 Å². The van der Waals surface area contributed by atoms with Crippen molar-refractivity contribution in [1.82, 2.24) is 5.32 Å². The molecule has 5 nitrogen and oxygen atoms in total. The summed E-state index contributed by atoms with van der Waals surface area (Å²) in [6.07, 6.45) is 5.14. The van der Waals surface area contributed by atoms with Crippen molar-refractivity contribution in [3.8, 4) is 0 Å². The third kappa shape index (κ3) is 4.88. The largest absolute Gasteiger partial charge is 0.324 e. The maximum atomic E-state index is 13.1. The summed E-state index contributed by atoms with van der Waals surface area (Å²) in [7, 11) is 0. The van der Waals surface area contributed by atoms with Gasteiger partial charge in [0.2, 0.25) is 5.91 Å². The van der Waals surface area contributed by atoms with Crippen LogP contribution in [-0.2, 0) is 11.2 Å². The standard InChI is InChI=1S/C22H27N3O2/c1-2-17-10-9-13-19(16-17)23-20(26)22(14-7-4-8-15-22)25-21(27)24-18-11-5-3-6-12-18/h3,5-6,9-13,16H,2,4,7-8,14-15H2,1H3,(H,23,26)(H2,24,25,27). The van der Waals surface area contributed by atoms with Gasteiger partial charge in [0, 0.05) is 11.4 Å². The summed E-state index contributed by atoms with van der Waals surface area (Å²) in [4.78, 5) is 25.7. The van der Waals surface area contributed by atoms with Crippen LogP contribution in [0.15, 0.2) is 54.6 Å². The molecule has 0 aromatic heterocycles. The summed E-state index contributed by atoms with van der Waals surface area (Å²) < 4.78 is 0. The Morgan fingerprint density at radius 1 is 0.889 bits per heavy atom. The average molecular weight is 365 g/mol. The molecule has 0 bridgehead atoms. The van der Waals surface area contributed by atoms with Crippen LogP contribution in [0.4, 0.5) is 16.2 Å². The summed E-state index contributed by atoms with van der Waals surface area (Å²) in [5.41, 5.74) is 1.77. The molecule has 0 spiro atoms. The van der Waals surface area contributed by atoms with Gasteiger partial charge in [-0.3, -0.25) is 4.79 Å². The molecule has 1 aliphatic rings. The van der Waals surface area contributed by atoms with Crippen LogP contribution >= 0.6 is 0 Å². The summed E-state index contributed by atoms with van der Waals surface area (Å²) in [6.45, 7) is 2.08. The Kier molecular flexibility index (Phi) is 6.12. The van der Waals surface area contributed by atoms with Gasteiger partial charge in [-0.2, -0.15) is 0 Å². The number of hydrogen-bond acceptors (Lipinski definition) is 2. The predicted molar refractivity (Wildman–Crippen MR) is 109 cm³/mol. The Hall–Kier alpha value is -2.82. The lowest BCUT2D eigenvalue weighted by atomic mass is 9.81. The first-order chi connectivity index (χ1) is 13.1. The number of anilines is 2. The monoisotopic (exact) mass is 365 g/mol. The zero-order chi connectivity index (χ0) is 19.1. The van der Waals surface area contributed by atoms with Crippen LogP contribution in [0.5, 0.6) is 0 Å². The first-order valence-corrected chi connectivity index (χ1v) is 9.66. The van der Waals surface area contributed by atoms with E-state index >= 15 is 0 Å². The molecule has 2 aromatic carbocycles. The number of carbonyl (C=O) groups is 2. The van der Waals surface area contributed by atoms with Crippen LogP contribution in [-0.4, -0.2) is 17.5 Å². The van der Waals surface area contributed by atoms with Crippen molar-refractivity contribution in [3.05, 3.63) is 60.2 Å². The van der Waals surface area contributed by atoms with E-state index in [9.17, 15) is 9.59 Å². The quantitative estimate of drug-likeness (QED) is 0.718. The Bertz CT molecular complexity index is 783. The molecule has 0 radical (unpaired) electrons. The number of urea groups is 1. The second-order valence-corrected chi connectivity index (χ2v) is 7.10. The van der Waals surface area contributed by atoms with E-state index in [1.807, 2.05) is 54.6 Å². The highest BCUT2D eigenvalue weighted by molar-refractivity contribution is 6.02. The van der Waals surface area contributed by atoms with Crippen molar-refractivity contribution >= 4 is 23.3 Å². The number of nitrogens with one attached hydrogen (secondary N) is 3. The van der Waals surface area contributed by atoms with Crippen molar-refractivity contribution in [2.75, 3.05) is 10.6 Å². The summed E-state index contributed by atoms with van der Waals surface area (Å²) in [5.74, 6) is -0.140. The smallest absolute Gasteiger partial charge is 0.320 e. The van der Waals surface area contributed by atoms with Gasteiger partial charge < -0.3 is 16.0 Å². The van der Waals surface area contributed by atoms with E-state index < -0.39 is 5.54 Å². The molecular weight excluding hydrogens is 338 g/mol. The van der Waals surface area contributed by atoms with E-state index in [0.717, 1.165) is 31.4 Å². The number of hydrogen-bond donors (Lipinski definition) is 3. The Morgan fingerprint density at radius 3 is 2.30 bits per heavy atom. The van der Waals surface area contributed by atoms with E-state index in [1.165, 1.54) is 5.56 Å². The van der Waals surface area contributed by atoms with Crippen molar-refractivity contribution in [3.63, 3.8) is 0 Å². The van der Waals surface area contributed by atoms with Gasteiger partial charge in [0.15, 0.2) is 0 Å². The molecule has 1 saturated carbocycles. The van der Waals surface area contributed by atoms with Gasteiger partial charge in [-0.1, -0.05) is 56.5 Å². The number of aryl methyl sites for hydroxylation is 1. The molecule has 1 fully saturated rings. The molecule has 5 heteroatoms. The highest BCUT2D eigenvalue weighted by atomic mass is 16.2. The maximum Gasteiger partial charge on any atom is 0.320 e. The summed E-state index contributed by atoms with van der Waals surface area (Å²) >= 11 is 0. The zero-order valence-electron chi connectivity index (χ0n) is 15.8. The fourth-order valence-corrected chi connectivity index (χ4v) is 3.59. The fourth-order valence-electron chi connectivity index (χ4n) is 3.59. The van der Waals surface area contributed by atoms with Gasteiger partial charge in [-0.05, 0) is 49.1 Å². The molecule has 0 saturated heterocycles. The Morgan fingerprint density at radius 2 is 1.59 bits per heavy atom.